The van der Waals surface area contributed by atoms with Crippen molar-refractivity contribution in [2.24, 2.45) is 0 Å². The molecule has 0 saturated heterocycles. The number of phenols is 1. The van der Waals surface area contributed by atoms with Crippen LogP contribution in [0.1, 0.15) is 30.7 Å². The zero-order chi connectivity index (χ0) is 20.5. The molecule has 0 aliphatic rings. The molecule has 0 unspecified atom stereocenters. The summed E-state index contributed by atoms with van der Waals surface area (Å²) in [6, 6.07) is 17.6. The topological polar surface area (TPSA) is 71.2 Å². The van der Waals surface area contributed by atoms with Gasteiger partial charge < -0.3 is 16.2 Å². The van der Waals surface area contributed by atoms with Gasteiger partial charge in [-0.3, -0.25) is 0 Å². The summed E-state index contributed by atoms with van der Waals surface area (Å²) in [7, 11) is 0. The van der Waals surface area contributed by atoms with Crippen LogP contribution in [0.3, 0.4) is 0 Å². The molecule has 1 aromatic heterocycles. The molecule has 0 saturated carbocycles. The molecule has 4 N–H and O–H groups in total. The first-order valence-corrected chi connectivity index (χ1v) is 9.58. The Hall–Kier alpha value is -3.27. The summed E-state index contributed by atoms with van der Waals surface area (Å²) in [4.78, 5) is 4.32. The first kappa shape index (κ1) is 21.0. The van der Waals surface area contributed by atoms with Crippen LogP contribution in [0, 0.1) is 6.92 Å². The molecule has 2 aromatic carbocycles. The maximum atomic E-state index is 10.2. The van der Waals surface area contributed by atoms with E-state index in [1.54, 1.807) is 18.3 Å². The van der Waals surface area contributed by atoms with Gasteiger partial charge in [0.2, 0.25) is 0 Å². The number of hydrogen-bond acceptors (Lipinski definition) is 4. The highest BCUT2D eigenvalue weighted by molar-refractivity contribution is 5.71. The highest BCUT2D eigenvalue weighted by atomic mass is 16.3. The molecule has 0 radical (unpaired) electrons. The number of aromatic hydroxyl groups is 1. The Bertz CT molecular complexity index is 935. The number of hydrogen-bond donors (Lipinski definition) is 3. The minimum atomic E-state index is 0.300. The number of aromatic nitrogens is 1. The minimum Gasteiger partial charge on any atom is -0.508 e. The fourth-order valence-electron chi connectivity index (χ4n) is 2.93. The van der Waals surface area contributed by atoms with Crippen molar-refractivity contribution in [1.29, 1.82) is 0 Å². The van der Waals surface area contributed by atoms with E-state index in [1.165, 1.54) is 0 Å². The summed E-state index contributed by atoms with van der Waals surface area (Å²) >= 11 is 0. The van der Waals surface area contributed by atoms with Crippen molar-refractivity contribution < 1.29 is 5.11 Å². The van der Waals surface area contributed by atoms with E-state index in [1.807, 2.05) is 38.1 Å². The monoisotopic (exact) mass is 375 g/mol. The van der Waals surface area contributed by atoms with Gasteiger partial charge in [-0.25, -0.2) is 4.98 Å². The van der Waals surface area contributed by atoms with Crippen LogP contribution in [0.25, 0.3) is 11.1 Å². The standard InChI is InChI=1S/C22H23N3O.C2H6/c1-3-24-20-14-17(8-7-15(20)2)16-10-12-21(26)18(13-16)9-11-19-5-4-6-22(23)25-19;1-2/h3-8,10,12-14,24,26H,1,9,11H2,2H3,(H2,23,25);1-2H3. The molecule has 1 heterocycles. The predicted molar refractivity (Wildman–Crippen MR) is 120 cm³/mol. The molecule has 146 valence electrons. The number of benzene rings is 2. The molecule has 4 nitrogen and oxygen atoms in total. The minimum absolute atomic E-state index is 0.300. The lowest BCUT2D eigenvalue weighted by molar-refractivity contribution is 0.468. The second-order valence-corrected chi connectivity index (χ2v) is 6.28. The zero-order valence-corrected chi connectivity index (χ0v) is 16.9. The van der Waals surface area contributed by atoms with Crippen molar-refractivity contribution in [1.82, 2.24) is 4.98 Å². The quantitative estimate of drug-likeness (QED) is 0.516. The Morgan fingerprint density at radius 1 is 1.04 bits per heavy atom. The van der Waals surface area contributed by atoms with Crippen LogP contribution in [0.5, 0.6) is 5.75 Å². The summed E-state index contributed by atoms with van der Waals surface area (Å²) in [5.41, 5.74) is 11.9. The number of anilines is 2. The molecule has 0 fully saturated rings. The van der Waals surface area contributed by atoms with E-state index in [0.717, 1.165) is 40.1 Å². The summed E-state index contributed by atoms with van der Waals surface area (Å²) in [5.74, 6) is 0.816. The third-order valence-electron chi connectivity index (χ3n) is 4.39. The van der Waals surface area contributed by atoms with Crippen molar-refractivity contribution >= 4 is 11.5 Å². The SMILES string of the molecule is C=CNc1cc(-c2ccc(O)c(CCc3cccc(N)n3)c2)ccc1C.CC. The normalized spacial score (nSPS) is 9.96. The number of nitrogens with one attached hydrogen (secondary N) is 1. The van der Waals surface area contributed by atoms with Crippen molar-refractivity contribution in [2.75, 3.05) is 11.1 Å². The number of nitrogens with two attached hydrogens (primary N) is 1. The summed E-state index contributed by atoms with van der Waals surface area (Å²) in [6.07, 6.45) is 3.09. The van der Waals surface area contributed by atoms with E-state index < -0.39 is 0 Å². The molecule has 0 atom stereocenters. The van der Waals surface area contributed by atoms with E-state index >= 15 is 0 Å². The van der Waals surface area contributed by atoms with Gasteiger partial charge in [0.05, 0.1) is 0 Å². The molecule has 3 aromatic rings. The van der Waals surface area contributed by atoms with Crippen molar-refractivity contribution in [2.45, 2.75) is 33.6 Å². The summed E-state index contributed by atoms with van der Waals surface area (Å²) < 4.78 is 0. The molecule has 3 rings (SSSR count). The van der Waals surface area contributed by atoms with E-state index in [-0.39, 0.29) is 0 Å². The van der Waals surface area contributed by atoms with Gasteiger partial charge in [0.25, 0.3) is 0 Å². The Morgan fingerprint density at radius 2 is 1.75 bits per heavy atom. The fraction of sp³-hybridized carbons (Fsp3) is 0.208. The average molecular weight is 376 g/mol. The Labute approximate surface area is 167 Å². The van der Waals surface area contributed by atoms with E-state index in [4.69, 9.17) is 5.73 Å². The Balaban J connectivity index is 0.00000136. The molecule has 0 aliphatic heterocycles. The highest BCUT2D eigenvalue weighted by Crippen LogP contribution is 2.29. The lowest BCUT2D eigenvalue weighted by Gasteiger charge is -2.11. The maximum absolute atomic E-state index is 10.2. The number of nitrogens with zero attached hydrogens (tertiary/aromatic N) is 1. The highest BCUT2D eigenvalue weighted by Gasteiger charge is 2.08. The Morgan fingerprint density at radius 3 is 2.46 bits per heavy atom. The van der Waals surface area contributed by atoms with Gasteiger partial charge >= 0.3 is 0 Å². The largest absolute Gasteiger partial charge is 0.508 e. The van der Waals surface area contributed by atoms with Crippen LogP contribution in [0.4, 0.5) is 11.5 Å². The van der Waals surface area contributed by atoms with Gasteiger partial charge in [-0.2, -0.15) is 0 Å². The van der Waals surface area contributed by atoms with E-state index in [0.29, 0.717) is 18.0 Å². The molecule has 0 amide bonds. The van der Waals surface area contributed by atoms with Crippen LogP contribution in [0.2, 0.25) is 0 Å². The van der Waals surface area contributed by atoms with Crippen molar-refractivity contribution in [3.8, 4) is 16.9 Å². The molecule has 0 spiro atoms. The lowest BCUT2D eigenvalue weighted by Crippen LogP contribution is -1.98. The van der Waals surface area contributed by atoms with Gasteiger partial charge in [-0.1, -0.05) is 44.7 Å². The second-order valence-electron chi connectivity index (χ2n) is 6.28. The number of pyridine rings is 1. The lowest BCUT2D eigenvalue weighted by atomic mass is 9.98. The smallest absolute Gasteiger partial charge is 0.123 e. The number of aryl methyl sites for hydroxylation is 3. The van der Waals surface area contributed by atoms with E-state index in [9.17, 15) is 5.11 Å². The van der Waals surface area contributed by atoms with Gasteiger partial charge in [0.15, 0.2) is 0 Å². The van der Waals surface area contributed by atoms with Gasteiger partial charge in [0, 0.05) is 11.4 Å². The molecule has 0 bridgehead atoms. The molecule has 4 heteroatoms. The van der Waals surface area contributed by atoms with Gasteiger partial charge in [0.1, 0.15) is 11.6 Å². The van der Waals surface area contributed by atoms with E-state index in [2.05, 4.69) is 42.0 Å². The molecule has 0 aliphatic carbocycles. The first-order valence-electron chi connectivity index (χ1n) is 9.58. The van der Waals surface area contributed by atoms with Crippen LogP contribution in [-0.2, 0) is 12.8 Å². The summed E-state index contributed by atoms with van der Waals surface area (Å²) in [5, 5.41) is 13.4. The molecular formula is C24H29N3O. The third-order valence-corrected chi connectivity index (χ3v) is 4.39. The second kappa shape index (κ2) is 10.2. The maximum Gasteiger partial charge on any atom is 0.123 e. The van der Waals surface area contributed by atoms with Crippen LogP contribution < -0.4 is 11.1 Å². The molecular weight excluding hydrogens is 346 g/mol. The van der Waals surface area contributed by atoms with Crippen molar-refractivity contribution in [3.05, 3.63) is 84.2 Å². The van der Waals surface area contributed by atoms with Crippen LogP contribution in [0.15, 0.2) is 67.4 Å². The Kier molecular flexibility index (Phi) is 7.64. The van der Waals surface area contributed by atoms with Gasteiger partial charge in [-0.05, 0) is 78.6 Å². The predicted octanol–water partition coefficient (Wildman–Crippen LogP) is 5.71. The number of nitrogen functional groups attached to an aromatic ring is 1. The number of phenolic OH excluding ortho intramolecular Hbond substituents is 1. The average Bonchev–Trinajstić information content (AvgIpc) is 2.71. The zero-order valence-electron chi connectivity index (χ0n) is 16.9. The van der Waals surface area contributed by atoms with Gasteiger partial charge in [-0.15, -0.1) is 0 Å². The summed E-state index contributed by atoms with van der Waals surface area (Å²) in [6.45, 7) is 9.78. The third kappa shape index (κ3) is 5.36. The number of rotatable bonds is 6. The fourth-order valence-corrected chi connectivity index (χ4v) is 2.93. The first-order chi connectivity index (χ1) is 13.6. The molecule has 28 heavy (non-hydrogen) atoms. The van der Waals surface area contributed by atoms with Crippen LogP contribution >= 0.6 is 0 Å². The van der Waals surface area contributed by atoms with Crippen molar-refractivity contribution in [3.63, 3.8) is 0 Å². The van der Waals surface area contributed by atoms with Crippen LogP contribution in [-0.4, -0.2) is 10.1 Å².